The van der Waals surface area contributed by atoms with Gasteiger partial charge in [0, 0.05) is 28.5 Å². The van der Waals surface area contributed by atoms with Crippen molar-refractivity contribution >= 4 is 41.2 Å². The van der Waals surface area contributed by atoms with Gasteiger partial charge >= 0.3 is 5.97 Å². The van der Waals surface area contributed by atoms with Crippen LogP contribution >= 0.6 is 11.3 Å². The number of nitriles is 1. The number of rotatable bonds is 11. The summed E-state index contributed by atoms with van der Waals surface area (Å²) in [5.41, 5.74) is 2.13. The molecule has 0 atom stereocenters. The van der Waals surface area contributed by atoms with Crippen molar-refractivity contribution in [1.82, 2.24) is 0 Å². The van der Waals surface area contributed by atoms with Gasteiger partial charge in [-0.25, -0.2) is 4.79 Å². The number of nitrogens with zero attached hydrogens (tertiary/aromatic N) is 2. The normalized spacial score (nSPS) is 11.6. The van der Waals surface area contributed by atoms with Gasteiger partial charge in [0.1, 0.15) is 11.6 Å². The molecule has 5 heteroatoms. The van der Waals surface area contributed by atoms with Gasteiger partial charge < -0.3 is 10.0 Å². The van der Waals surface area contributed by atoms with E-state index in [9.17, 15) is 4.79 Å². The lowest BCUT2D eigenvalue weighted by Gasteiger charge is -2.24. The fourth-order valence-electron chi connectivity index (χ4n) is 2.86. The van der Waals surface area contributed by atoms with Crippen molar-refractivity contribution in [3.05, 3.63) is 57.3 Å². The van der Waals surface area contributed by atoms with E-state index in [1.165, 1.54) is 48.8 Å². The van der Waals surface area contributed by atoms with E-state index in [0.29, 0.717) is 0 Å². The average molecular weight is 409 g/mol. The number of thiophene rings is 1. The Balaban J connectivity index is 2.06. The third-order valence-electron chi connectivity index (χ3n) is 4.55. The maximum absolute atomic E-state index is 10.9. The van der Waals surface area contributed by atoms with Crippen LogP contribution in [0.15, 0.2) is 42.0 Å². The third kappa shape index (κ3) is 7.24. The number of hydrogen-bond donors (Lipinski definition) is 1. The van der Waals surface area contributed by atoms with Crippen LogP contribution in [0.5, 0.6) is 0 Å². The predicted octanol–water partition coefficient (Wildman–Crippen LogP) is 6.32. The summed E-state index contributed by atoms with van der Waals surface area (Å²) < 4.78 is 0. The predicted molar refractivity (Wildman–Crippen MR) is 123 cm³/mol. The van der Waals surface area contributed by atoms with Crippen molar-refractivity contribution in [3.8, 4) is 6.07 Å². The lowest BCUT2D eigenvalue weighted by atomic mass is 10.1. The summed E-state index contributed by atoms with van der Waals surface area (Å²) in [7, 11) is 0. The fraction of sp³-hybridized carbons (Fsp3) is 0.333. The summed E-state index contributed by atoms with van der Waals surface area (Å²) in [5, 5.41) is 17.8. The molecule has 152 valence electrons. The van der Waals surface area contributed by atoms with E-state index in [1.807, 2.05) is 24.3 Å². The molecule has 1 aromatic heterocycles. The van der Waals surface area contributed by atoms with Crippen molar-refractivity contribution in [2.24, 2.45) is 0 Å². The Bertz CT molecular complexity index is 880. The van der Waals surface area contributed by atoms with Crippen LogP contribution in [0.2, 0.25) is 0 Å². The summed E-state index contributed by atoms with van der Waals surface area (Å²) in [6.45, 7) is 6.64. The van der Waals surface area contributed by atoms with Gasteiger partial charge in [0.25, 0.3) is 0 Å². The van der Waals surface area contributed by atoms with Gasteiger partial charge in [-0.05, 0) is 54.8 Å². The van der Waals surface area contributed by atoms with E-state index in [2.05, 4.69) is 43.0 Å². The molecule has 2 aromatic rings. The zero-order chi connectivity index (χ0) is 21.1. The molecular formula is C24H28N2O2S. The second-order valence-corrected chi connectivity index (χ2v) is 7.98. The number of anilines is 1. The van der Waals surface area contributed by atoms with E-state index < -0.39 is 5.97 Å². The van der Waals surface area contributed by atoms with Crippen molar-refractivity contribution in [2.45, 2.75) is 39.5 Å². The molecule has 1 heterocycles. The first-order chi connectivity index (χ1) is 14.1. The van der Waals surface area contributed by atoms with Crippen molar-refractivity contribution in [3.63, 3.8) is 0 Å². The topological polar surface area (TPSA) is 64.3 Å². The molecule has 1 aromatic carbocycles. The SMILES string of the molecule is CCCCN(CCCC)c1ccc(/C=C/c2ccc(/C=C(\C#N)C(=O)O)s2)cc1. The van der Waals surface area contributed by atoms with E-state index in [0.717, 1.165) is 28.4 Å². The monoisotopic (exact) mass is 408 g/mol. The molecule has 0 aliphatic rings. The highest BCUT2D eigenvalue weighted by molar-refractivity contribution is 7.13. The van der Waals surface area contributed by atoms with E-state index in [4.69, 9.17) is 10.4 Å². The van der Waals surface area contributed by atoms with Crippen molar-refractivity contribution in [1.29, 1.82) is 5.26 Å². The number of benzene rings is 1. The first-order valence-electron chi connectivity index (χ1n) is 10.0. The maximum atomic E-state index is 10.9. The van der Waals surface area contributed by atoms with E-state index in [1.54, 1.807) is 6.07 Å². The van der Waals surface area contributed by atoms with Gasteiger partial charge in [-0.15, -0.1) is 11.3 Å². The van der Waals surface area contributed by atoms with Crippen LogP contribution < -0.4 is 4.90 Å². The number of aliphatic carboxylic acids is 1. The Morgan fingerprint density at radius 3 is 2.21 bits per heavy atom. The smallest absolute Gasteiger partial charge is 0.346 e. The second-order valence-electron chi connectivity index (χ2n) is 6.83. The molecule has 0 radical (unpaired) electrons. The molecule has 0 spiro atoms. The quantitative estimate of drug-likeness (QED) is 0.349. The molecule has 0 aliphatic heterocycles. The molecule has 2 rings (SSSR count). The van der Waals surface area contributed by atoms with Gasteiger partial charge in [-0.1, -0.05) is 44.9 Å². The van der Waals surface area contributed by atoms with Crippen LogP contribution in [0.25, 0.3) is 18.2 Å². The molecule has 0 saturated heterocycles. The number of unbranched alkanes of at least 4 members (excludes halogenated alkanes) is 2. The highest BCUT2D eigenvalue weighted by Gasteiger charge is 2.07. The molecular weight excluding hydrogens is 380 g/mol. The number of carbonyl (C=O) groups is 1. The van der Waals surface area contributed by atoms with Crippen molar-refractivity contribution < 1.29 is 9.90 Å². The van der Waals surface area contributed by atoms with Crippen LogP contribution in [0.3, 0.4) is 0 Å². The molecule has 4 nitrogen and oxygen atoms in total. The Morgan fingerprint density at radius 1 is 1.03 bits per heavy atom. The van der Waals surface area contributed by atoms with Gasteiger partial charge in [0.05, 0.1) is 0 Å². The van der Waals surface area contributed by atoms with Crippen LogP contribution in [-0.4, -0.2) is 24.2 Å². The molecule has 0 saturated carbocycles. The number of carboxylic acid groups (broad SMARTS) is 1. The second kappa shape index (κ2) is 11.9. The highest BCUT2D eigenvalue weighted by Crippen LogP contribution is 2.23. The zero-order valence-corrected chi connectivity index (χ0v) is 17.9. The van der Waals surface area contributed by atoms with Gasteiger partial charge in [0.15, 0.2) is 0 Å². The third-order valence-corrected chi connectivity index (χ3v) is 5.54. The largest absolute Gasteiger partial charge is 0.477 e. The summed E-state index contributed by atoms with van der Waals surface area (Å²) in [6.07, 6.45) is 10.3. The first kappa shape index (κ1) is 22.4. The summed E-state index contributed by atoms with van der Waals surface area (Å²) in [5.74, 6) is -1.20. The molecule has 0 unspecified atom stereocenters. The minimum Gasteiger partial charge on any atom is -0.477 e. The minimum atomic E-state index is -1.20. The zero-order valence-electron chi connectivity index (χ0n) is 17.1. The van der Waals surface area contributed by atoms with E-state index >= 15 is 0 Å². The van der Waals surface area contributed by atoms with Crippen LogP contribution in [0.1, 0.15) is 54.8 Å². The van der Waals surface area contributed by atoms with Gasteiger partial charge in [-0.2, -0.15) is 5.26 Å². The van der Waals surface area contributed by atoms with Crippen LogP contribution in [-0.2, 0) is 4.79 Å². The Hall–Kier alpha value is -2.84. The molecule has 0 amide bonds. The lowest BCUT2D eigenvalue weighted by molar-refractivity contribution is -0.132. The van der Waals surface area contributed by atoms with Gasteiger partial charge in [-0.3, -0.25) is 0 Å². The molecule has 1 N–H and O–H groups in total. The van der Waals surface area contributed by atoms with Crippen LogP contribution in [0.4, 0.5) is 5.69 Å². The average Bonchev–Trinajstić information content (AvgIpc) is 3.18. The van der Waals surface area contributed by atoms with Crippen molar-refractivity contribution in [2.75, 3.05) is 18.0 Å². The fourth-order valence-corrected chi connectivity index (χ4v) is 3.72. The molecule has 29 heavy (non-hydrogen) atoms. The minimum absolute atomic E-state index is 0.256. The molecule has 0 bridgehead atoms. The number of carboxylic acids is 1. The summed E-state index contributed by atoms with van der Waals surface area (Å²) >= 11 is 1.45. The van der Waals surface area contributed by atoms with Crippen LogP contribution in [0, 0.1) is 11.3 Å². The molecule has 0 fully saturated rings. The standard InChI is InChI=1S/C24H28N2O2S/c1-3-5-15-26(16-6-4-2)21-10-7-19(8-11-21)9-12-22-13-14-23(29-22)17-20(18-25)24(27)28/h7-14,17H,3-6,15-16H2,1-2H3,(H,27,28)/b12-9+,20-17+. The summed E-state index contributed by atoms with van der Waals surface area (Å²) in [6, 6.07) is 14.1. The molecule has 0 aliphatic carbocycles. The Morgan fingerprint density at radius 2 is 1.66 bits per heavy atom. The maximum Gasteiger partial charge on any atom is 0.346 e. The first-order valence-corrected chi connectivity index (χ1v) is 10.9. The van der Waals surface area contributed by atoms with E-state index in [-0.39, 0.29) is 5.57 Å². The highest BCUT2D eigenvalue weighted by atomic mass is 32.1. The lowest BCUT2D eigenvalue weighted by Crippen LogP contribution is -2.25. The van der Waals surface area contributed by atoms with Gasteiger partial charge in [0.2, 0.25) is 0 Å². The number of hydrogen-bond acceptors (Lipinski definition) is 4. The Kier molecular flexibility index (Phi) is 9.20. The Labute approximate surface area is 177 Å². The summed E-state index contributed by atoms with van der Waals surface area (Å²) in [4.78, 5) is 15.2.